The highest BCUT2D eigenvalue weighted by Gasteiger charge is 2.00. The monoisotopic (exact) mass is 173 g/mol. The molecule has 66 valence electrons. The van der Waals surface area contributed by atoms with Crippen LogP contribution in [0.2, 0.25) is 0 Å². The van der Waals surface area contributed by atoms with Crippen LogP contribution in [0.1, 0.15) is 5.56 Å². The third kappa shape index (κ3) is 1.51. The van der Waals surface area contributed by atoms with Crippen molar-refractivity contribution in [2.75, 3.05) is 6.54 Å². The van der Waals surface area contributed by atoms with Crippen molar-refractivity contribution in [3.05, 3.63) is 36.2 Å². The summed E-state index contributed by atoms with van der Waals surface area (Å²) in [6.45, 7) is 0.648. The Balaban J connectivity index is 2.61. The van der Waals surface area contributed by atoms with Gasteiger partial charge in [0, 0.05) is 12.4 Å². The van der Waals surface area contributed by atoms with E-state index in [1.807, 2.05) is 18.2 Å². The summed E-state index contributed by atoms with van der Waals surface area (Å²) in [6.07, 6.45) is 4.44. The zero-order valence-corrected chi connectivity index (χ0v) is 7.27. The molecule has 0 amide bonds. The van der Waals surface area contributed by atoms with Gasteiger partial charge in [-0.2, -0.15) is 0 Å². The lowest BCUT2D eigenvalue weighted by atomic mass is 10.1. The Morgan fingerprint density at radius 1 is 1.15 bits per heavy atom. The van der Waals surface area contributed by atoms with E-state index >= 15 is 0 Å². The molecule has 0 spiro atoms. The maximum absolute atomic E-state index is 5.50. The van der Waals surface area contributed by atoms with Crippen LogP contribution in [0.15, 0.2) is 30.6 Å². The molecule has 0 aromatic carbocycles. The van der Waals surface area contributed by atoms with Gasteiger partial charge in [0.15, 0.2) is 0 Å². The molecule has 0 bridgehead atoms. The molecule has 0 aliphatic heterocycles. The van der Waals surface area contributed by atoms with E-state index in [4.69, 9.17) is 5.73 Å². The van der Waals surface area contributed by atoms with Crippen molar-refractivity contribution >= 4 is 11.0 Å². The Morgan fingerprint density at radius 3 is 2.92 bits per heavy atom. The molecule has 0 saturated heterocycles. The molecule has 2 heterocycles. The summed E-state index contributed by atoms with van der Waals surface area (Å²) < 4.78 is 0. The molecule has 0 aliphatic rings. The normalized spacial score (nSPS) is 10.5. The topological polar surface area (TPSA) is 51.8 Å². The second-order valence-corrected chi connectivity index (χ2v) is 2.88. The minimum Gasteiger partial charge on any atom is -0.330 e. The summed E-state index contributed by atoms with van der Waals surface area (Å²) in [7, 11) is 0. The van der Waals surface area contributed by atoms with Gasteiger partial charge in [0.1, 0.15) is 0 Å². The molecule has 0 aliphatic carbocycles. The summed E-state index contributed by atoms with van der Waals surface area (Å²) in [6, 6.07) is 5.83. The molecule has 2 N–H and O–H groups in total. The van der Waals surface area contributed by atoms with Gasteiger partial charge in [0.2, 0.25) is 0 Å². The molecule has 0 fully saturated rings. The lowest BCUT2D eigenvalue weighted by molar-refractivity contribution is 0.970. The largest absolute Gasteiger partial charge is 0.330 e. The van der Waals surface area contributed by atoms with Crippen LogP contribution in [-0.2, 0) is 6.42 Å². The lowest BCUT2D eigenvalue weighted by Crippen LogP contribution is -2.03. The van der Waals surface area contributed by atoms with Gasteiger partial charge in [-0.1, -0.05) is 0 Å². The third-order valence-electron chi connectivity index (χ3n) is 1.99. The van der Waals surface area contributed by atoms with Crippen molar-refractivity contribution in [1.29, 1.82) is 0 Å². The Bertz CT molecular complexity index is 406. The summed E-state index contributed by atoms with van der Waals surface area (Å²) >= 11 is 0. The molecular formula is C10H11N3. The Hall–Kier alpha value is -1.48. The van der Waals surface area contributed by atoms with E-state index in [0.29, 0.717) is 6.54 Å². The van der Waals surface area contributed by atoms with Crippen LogP contribution in [0, 0.1) is 0 Å². The van der Waals surface area contributed by atoms with Crippen LogP contribution < -0.4 is 5.73 Å². The molecule has 2 aromatic heterocycles. The van der Waals surface area contributed by atoms with E-state index in [-0.39, 0.29) is 0 Å². The number of pyridine rings is 2. The number of nitrogens with two attached hydrogens (primary N) is 1. The quantitative estimate of drug-likeness (QED) is 0.740. The van der Waals surface area contributed by atoms with Crippen LogP contribution in [0.3, 0.4) is 0 Å². The van der Waals surface area contributed by atoms with E-state index in [0.717, 1.165) is 17.5 Å². The highest BCUT2D eigenvalue weighted by molar-refractivity contribution is 5.77. The first kappa shape index (κ1) is 8.13. The Kier molecular flexibility index (Phi) is 2.19. The van der Waals surface area contributed by atoms with Crippen LogP contribution in [-0.4, -0.2) is 16.5 Å². The first-order valence-corrected chi connectivity index (χ1v) is 4.30. The summed E-state index contributed by atoms with van der Waals surface area (Å²) in [5, 5.41) is 0. The zero-order chi connectivity index (χ0) is 9.10. The van der Waals surface area contributed by atoms with Gasteiger partial charge in [0.25, 0.3) is 0 Å². The number of aromatic nitrogens is 2. The fourth-order valence-electron chi connectivity index (χ4n) is 1.39. The number of fused-ring (bicyclic) bond motifs is 1. The molecule has 2 rings (SSSR count). The second kappa shape index (κ2) is 3.49. The molecule has 0 radical (unpaired) electrons. The number of rotatable bonds is 2. The SMILES string of the molecule is NCCc1ccnc2cccnc12. The van der Waals surface area contributed by atoms with Gasteiger partial charge < -0.3 is 5.73 Å². The van der Waals surface area contributed by atoms with E-state index in [1.165, 1.54) is 5.56 Å². The number of nitrogens with zero attached hydrogens (tertiary/aromatic N) is 2. The minimum atomic E-state index is 0.648. The molecule has 0 unspecified atom stereocenters. The van der Waals surface area contributed by atoms with Crippen molar-refractivity contribution in [3.63, 3.8) is 0 Å². The summed E-state index contributed by atoms with van der Waals surface area (Å²) in [4.78, 5) is 8.50. The second-order valence-electron chi connectivity index (χ2n) is 2.88. The molecular weight excluding hydrogens is 162 g/mol. The van der Waals surface area contributed by atoms with E-state index in [2.05, 4.69) is 9.97 Å². The predicted octanol–water partition coefficient (Wildman–Crippen LogP) is 1.13. The van der Waals surface area contributed by atoms with Gasteiger partial charge in [-0.25, -0.2) is 0 Å². The van der Waals surface area contributed by atoms with Crippen LogP contribution in [0.4, 0.5) is 0 Å². The van der Waals surface area contributed by atoms with E-state index < -0.39 is 0 Å². The highest BCUT2D eigenvalue weighted by atomic mass is 14.7. The predicted molar refractivity (Wildman–Crippen MR) is 52.3 cm³/mol. The fourth-order valence-corrected chi connectivity index (χ4v) is 1.39. The molecule has 3 nitrogen and oxygen atoms in total. The van der Waals surface area contributed by atoms with Crippen LogP contribution >= 0.6 is 0 Å². The first-order chi connectivity index (χ1) is 6.42. The summed E-state index contributed by atoms with van der Waals surface area (Å²) in [5.41, 5.74) is 8.58. The first-order valence-electron chi connectivity index (χ1n) is 4.30. The fraction of sp³-hybridized carbons (Fsp3) is 0.200. The van der Waals surface area contributed by atoms with Gasteiger partial charge in [-0.3, -0.25) is 9.97 Å². The molecule has 0 saturated carbocycles. The number of hydrogen-bond donors (Lipinski definition) is 1. The molecule has 13 heavy (non-hydrogen) atoms. The minimum absolute atomic E-state index is 0.648. The average Bonchev–Trinajstić information content (AvgIpc) is 2.19. The smallest absolute Gasteiger partial charge is 0.0919 e. The van der Waals surface area contributed by atoms with Crippen LogP contribution in [0.5, 0.6) is 0 Å². The van der Waals surface area contributed by atoms with Crippen molar-refractivity contribution in [3.8, 4) is 0 Å². The van der Waals surface area contributed by atoms with Crippen LogP contribution in [0.25, 0.3) is 11.0 Å². The van der Waals surface area contributed by atoms with E-state index in [1.54, 1.807) is 12.4 Å². The average molecular weight is 173 g/mol. The van der Waals surface area contributed by atoms with Gasteiger partial charge in [0.05, 0.1) is 11.0 Å². The maximum atomic E-state index is 5.50. The Labute approximate surface area is 76.6 Å². The van der Waals surface area contributed by atoms with E-state index in [9.17, 15) is 0 Å². The summed E-state index contributed by atoms with van der Waals surface area (Å²) in [5.74, 6) is 0. The molecule has 2 aromatic rings. The van der Waals surface area contributed by atoms with Crippen molar-refractivity contribution < 1.29 is 0 Å². The highest BCUT2D eigenvalue weighted by Crippen LogP contribution is 2.12. The molecule has 0 atom stereocenters. The third-order valence-corrected chi connectivity index (χ3v) is 1.99. The van der Waals surface area contributed by atoms with Gasteiger partial charge in [-0.15, -0.1) is 0 Å². The van der Waals surface area contributed by atoms with Gasteiger partial charge in [-0.05, 0) is 36.7 Å². The van der Waals surface area contributed by atoms with Crippen molar-refractivity contribution in [1.82, 2.24) is 9.97 Å². The maximum Gasteiger partial charge on any atom is 0.0919 e. The zero-order valence-electron chi connectivity index (χ0n) is 7.27. The van der Waals surface area contributed by atoms with Crippen molar-refractivity contribution in [2.24, 2.45) is 5.73 Å². The number of hydrogen-bond acceptors (Lipinski definition) is 3. The van der Waals surface area contributed by atoms with Crippen molar-refractivity contribution in [2.45, 2.75) is 6.42 Å². The standard InChI is InChI=1S/C10H11N3/c11-5-3-8-4-7-12-9-2-1-6-13-10(8)9/h1-2,4,6-7H,3,5,11H2. The van der Waals surface area contributed by atoms with Gasteiger partial charge >= 0.3 is 0 Å². The molecule has 3 heteroatoms. The Morgan fingerprint density at radius 2 is 2.08 bits per heavy atom. The lowest BCUT2D eigenvalue weighted by Gasteiger charge is -2.01.